The molecule has 144 valence electrons. The highest BCUT2D eigenvalue weighted by molar-refractivity contribution is 6.45. The molecule has 1 aromatic carbocycles. The van der Waals surface area contributed by atoms with Gasteiger partial charge in [-0.3, -0.25) is 19.3 Å². The van der Waals surface area contributed by atoms with Gasteiger partial charge in [-0.25, -0.2) is 9.69 Å². The average Bonchev–Trinajstić information content (AvgIpc) is 2.86. The van der Waals surface area contributed by atoms with Crippen LogP contribution in [0.1, 0.15) is 5.56 Å². The Morgan fingerprint density at radius 1 is 1.11 bits per heavy atom. The first-order valence-electron chi connectivity index (χ1n) is 8.07. The van der Waals surface area contributed by atoms with Crippen LogP contribution in [0.2, 0.25) is 0 Å². The molecule has 9 heteroatoms. The maximum absolute atomic E-state index is 12.4. The fourth-order valence-electron chi connectivity index (χ4n) is 2.58. The van der Waals surface area contributed by atoms with Crippen LogP contribution in [0.15, 0.2) is 30.9 Å². The molecule has 2 rings (SSSR count). The minimum Gasteiger partial charge on any atom is -0.493 e. The first kappa shape index (κ1) is 20.0. The molecule has 1 aliphatic heterocycles. The lowest BCUT2D eigenvalue weighted by atomic mass is 10.2. The van der Waals surface area contributed by atoms with Crippen molar-refractivity contribution in [3.8, 4) is 11.5 Å². The molecule has 1 fully saturated rings. The van der Waals surface area contributed by atoms with Gasteiger partial charge in [0.05, 0.1) is 14.2 Å². The summed E-state index contributed by atoms with van der Waals surface area (Å²) in [6.45, 7) is 3.06. The van der Waals surface area contributed by atoms with Crippen LogP contribution in [0, 0.1) is 0 Å². The molecule has 0 aromatic heterocycles. The van der Waals surface area contributed by atoms with Gasteiger partial charge in [0, 0.05) is 20.1 Å². The standard InChI is InChI=1S/C18H21N3O6/c1-5-8-20-16(23)17(24)21(18(20)25)11-15(22)19(2)10-12-6-7-13(26-3)14(9-12)27-4/h5-7,9H,1,8,10-11H2,2-4H3. The molecule has 0 atom stereocenters. The van der Waals surface area contributed by atoms with Gasteiger partial charge in [-0.05, 0) is 17.7 Å². The third-order valence-corrected chi connectivity index (χ3v) is 4.03. The van der Waals surface area contributed by atoms with E-state index >= 15 is 0 Å². The van der Waals surface area contributed by atoms with Crippen molar-refractivity contribution < 1.29 is 28.7 Å². The first-order chi connectivity index (χ1) is 12.8. The fraction of sp³-hybridized carbons (Fsp3) is 0.333. The van der Waals surface area contributed by atoms with Crippen LogP contribution in [0.3, 0.4) is 0 Å². The van der Waals surface area contributed by atoms with Crippen molar-refractivity contribution in [1.82, 2.24) is 14.7 Å². The number of hydrogen-bond donors (Lipinski definition) is 0. The van der Waals surface area contributed by atoms with Crippen molar-refractivity contribution in [2.75, 3.05) is 34.4 Å². The molecule has 1 aromatic rings. The van der Waals surface area contributed by atoms with Gasteiger partial charge in [0.1, 0.15) is 6.54 Å². The van der Waals surface area contributed by atoms with Crippen molar-refractivity contribution in [2.45, 2.75) is 6.54 Å². The Kier molecular flexibility index (Phi) is 6.17. The Morgan fingerprint density at radius 3 is 2.33 bits per heavy atom. The summed E-state index contributed by atoms with van der Waals surface area (Å²) in [5.74, 6) is -1.39. The first-order valence-corrected chi connectivity index (χ1v) is 8.07. The molecular formula is C18H21N3O6. The number of imide groups is 2. The minimum absolute atomic E-state index is 0.0877. The van der Waals surface area contributed by atoms with Gasteiger partial charge in [0.15, 0.2) is 11.5 Å². The Bertz CT molecular complexity index is 791. The summed E-state index contributed by atoms with van der Waals surface area (Å²) in [7, 11) is 4.56. The molecule has 0 spiro atoms. The summed E-state index contributed by atoms with van der Waals surface area (Å²) >= 11 is 0. The van der Waals surface area contributed by atoms with Crippen LogP contribution in [0.4, 0.5) is 4.79 Å². The second-order valence-corrected chi connectivity index (χ2v) is 5.82. The number of urea groups is 1. The molecule has 1 saturated heterocycles. The molecule has 0 aliphatic carbocycles. The van der Waals surface area contributed by atoms with E-state index in [4.69, 9.17) is 9.47 Å². The summed E-state index contributed by atoms with van der Waals surface area (Å²) < 4.78 is 10.4. The molecule has 5 amide bonds. The SMILES string of the molecule is C=CCN1C(=O)C(=O)N(CC(=O)N(C)Cc2ccc(OC)c(OC)c2)C1=O. The summed E-state index contributed by atoms with van der Waals surface area (Å²) in [6.07, 6.45) is 1.33. The van der Waals surface area contributed by atoms with E-state index in [0.29, 0.717) is 16.4 Å². The Morgan fingerprint density at radius 2 is 1.74 bits per heavy atom. The number of rotatable bonds is 8. The quantitative estimate of drug-likeness (QED) is 0.376. The monoisotopic (exact) mass is 375 g/mol. The molecule has 0 bridgehead atoms. The largest absolute Gasteiger partial charge is 0.493 e. The van der Waals surface area contributed by atoms with E-state index in [1.165, 1.54) is 32.2 Å². The van der Waals surface area contributed by atoms with Crippen molar-refractivity contribution in [2.24, 2.45) is 0 Å². The van der Waals surface area contributed by atoms with Gasteiger partial charge < -0.3 is 14.4 Å². The van der Waals surface area contributed by atoms with E-state index in [2.05, 4.69) is 6.58 Å². The van der Waals surface area contributed by atoms with E-state index < -0.39 is 30.3 Å². The zero-order valence-corrected chi connectivity index (χ0v) is 15.4. The highest BCUT2D eigenvalue weighted by atomic mass is 16.5. The lowest BCUT2D eigenvalue weighted by Gasteiger charge is -2.21. The van der Waals surface area contributed by atoms with Crippen molar-refractivity contribution in [3.63, 3.8) is 0 Å². The van der Waals surface area contributed by atoms with Gasteiger partial charge in [-0.1, -0.05) is 12.1 Å². The number of hydrogen-bond acceptors (Lipinski definition) is 6. The second kappa shape index (κ2) is 8.35. The lowest BCUT2D eigenvalue weighted by Crippen LogP contribution is -2.42. The van der Waals surface area contributed by atoms with Crippen molar-refractivity contribution in [1.29, 1.82) is 0 Å². The van der Waals surface area contributed by atoms with E-state index in [1.807, 2.05) is 0 Å². The zero-order valence-electron chi connectivity index (χ0n) is 15.4. The molecule has 1 heterocycles. The number of carbonyl (C=O) groups is 4. The number of carbonyl (C=O) groups excluding carboxylic acids is 4. The maximum Gasteiger partial charge on any atom is 0.335 e. The molecule has 27 heavy (non-hydrogen) atoms. The molecule has 1 aliphatic rings. The highest BCUT2D eigenvalue weighted by Crippen LogP contribution is 2.28. The van der Waals surface area contributed by atoms with E-state index in [1.54, 1.807) is 18.2 Å². The highest BCUT2D eigenvalue weighted by Gasteiger charge is 2.44. The fourth-order valence-corrected chi connectivity index (χ4v) is 2.58. The van der Waals surface area contributed by atoms with Gasteiger partial charge in [-0.2, -0.15) is 0 Å². The van der Waals surface area contributed by atoms with Crippen molar-refractivity contribution in [3.05, 3.63) is 36.4 Å². The predicted molar refractivity (Wildman–Crippen MR) is 95.0 cm³/mol. The molecule has 0 N–H and O–H groups in total. The van der Waals surface area contributed by atoms with Gasteiger partial charge in [0.2, 0.25) is 5.91 Å². The van der Waals surface area contributed by atoms with Crippen LogP contribution in [0.5, 0.6) is 11.5 Å². The second-order valence-electron chi connectivity index (χ2n) is 5.82. The molecule has 0 unspecified atom stereocenters. The number of benzene rings is 1. The maximum atomic E-state index is 12.4. The number of amides is 5. The van der Waals surface area contributed by atoms with E-state index in [9.17, 15) is 19.2 Å². The zero-order chi connectivity index (χ0) is 20.1. The minimum atomic E-state index is -1.02. The van der Waals surface area contributed by atoms with Crippen molar-refractivity contribution >= 4 is 23.8 Å². The number of methoxy groups -OCH3 is 2. The molecule has 0 radical (unpaired) electrons. The molecule has 0 saturated carbocycles. The summed E-state index contributed by atoms with van der Waals surface area (Å²) in [4.78, 5) is 51.1. The van der Waals surface area contributed by atoms with E-state index in [0.717, 1.165) is 10.5 Å². The molecule has 9 nitrogen and oxygen atoms in total. The number of nitrogens with zero attached hydrogens (tertiary/aromatic N) is 3. The smallest absolute Gasteiger partial charge is 0.335 e. The Balaban J connectivity index is 2.06. The Hall–Kier alpha value is -3.36. The van der Waals surface area contributed by atoms with E-state index in [-0.39, 0.29) is 13.1 Å². The van der Waals surface area contributed by atoms with Gasteiger partial charge in [0.25, 0.3) is 0 Å². The average molecular weight is 375 g/mol. The molecular weight excluding hydrogens is 354 g/mol. The topological polar surface area (TPSA) is 96.5 Å². The predicted octanol–water partition coefficient (Wildman–Crippen LogP) is 0.639. The summed E-state index contributed by atoms with van der Waals surface area (Å²) in [5.41, 5.74) is 0.770. The third kappa shape index (κ3) is 4.08. The normalized spacial score (nSPS) is 13.8. The van der Waals surface area contributed by atoms with Crippen LogP contribution < -0.4 is 9.47 Å². The summed E-state index contributed by atoms with van der Waals surface area (Å²) in [6, 6.07) is 4.39. The van der Waals surface area contributed by atoms with Crippen LogP contribution in [0.25, 0.3) is 0 Å². The van der Waals surface area contributed by atoms with Crippen LogP contribution in [-0.4, -0.2) is 72.8 Å². The Labute approximate surface area is 156 Å². The lowest BCUT2D eigenvalue weighted by molar-refractivity contribution is -0.144. The van der Waals surface area contributed by atoms with Gasteiger partial charge in [-0.15, -0.1) is 6.58 Å². The van der Waals surface area contributed by atoms with Crippen LogP contribution >= 0.6 is 0 Å². The summed E-state index contributed by atoms with van der Waals surface area (Å²) in [5, 5.41) is 0. The third-order valence-electron chi connectivity index (χ3n) is 4.03. The van der Waals surface area contributed by atoms with Crippen LogP contribution in [-0.2, 0) is 20.9 Å². The number of likely N-dealkylation sites (N-methyl/N-ethyl adjacent to an activating group) is 1. The van der Waals surface area contributed by atoms with Gasteiger partial charge >= 0.3 is 17.8 Å². The number of ether oxygens (including phenoxy) is 2.